The van der Waals surface area contributed by atoms with Crippen molar-refractivity contribution >= 4 is 16.8 Å². The lowest BCUT2D eigenvalue weighted by Crippen LogP contribution is -2.38. The Bertz CT molecular complexity index is 1390. The van der Waals surface area contributed by atoms with E-state index in [1.54, 1.807) is 21.7 Å². The fraction of sp³-hybridized carbons (Fsp3) is 0.308. The highest BCUT2D eigenvalue weighted by atomic mass is 16.5. The lowest BCUT2D eigenvalue weighted by molar-refractivity contribution is 0.0500. The molecule has 5 rings (SSSR count). The topological polar surface area (TPSA) is 93.1 Å². The number of aromatic amines is 1. The molecule has 1 fully saturated rings. The summed E-state index contributed by atoms with van der Waals surface area (Å²) in [7, 11) is 0. The summed E-state index contributed by atoms with van der Waals surface area (Å²) in [6, 6.07) is 17.0. The van der Waals surface area contributed by atoms with Crippen molar-refractivity contribution in [2.75, 3.05) is 13.2 Å². The number of hydrogen-bond donors (Lipinski definition) is 1. The van der Waals surface area contributed by atoms with Gasteiger partial charge in [0.1, 0.15) is 5.82 Å². The summed E-state index contributed by atoms with van der Waals surface area (Å²) in [6.45, 7) is 5.04. The van der Waals surface area contributed by atoms with Crippen molar-refractivity contribution in [2.45, 2.75) is 39.3 Å². The molecule has 0 aliphatic carbocycles. The maximum Gasteiger partial charge on any atom is 0.258 e. The fourth-order valence-electron chi connectivity index (χ4n) is 4.57. The van der Waals surface area contributed by atoms with Crippen LogP contribution in [0.15, 0.2) is 59.4 Å². The first-order chi connectivity index (χ1) is 16.5. The third kappa shape index (κ3) is 4.24. The Morgan fingerprint density at radius 3 is 2.68 bits per heavy atom. The monoisotopic (exact) mass is 457 g/mol. The van der Waals surface area contributed by atoms with Crippen LogP contribution in [0.1, 0.15) is 40.4 Å². The highest BCUT2D eigenvalue weighted by molar-refractivity contribution is 5.96. The molecule has 2 aromatic heterocycles. The number of H-pyrrole nitrogens is 1. The predicted molar refractivity (Wildman–Crippen MR) is 129 cm³/mol. The maximum atomic E-state index is 13.9. The van der Waals surface area contributed by atoms with Gasteiger partial charge in [-0.25, -0.2) is 9.67 Å². The van der Waals surface area contributed by atoms with Gasteiger partial charge in [0.15, 0.2) is 0 Å². The van der Waals surface area contributed by atoms with Crippen LogP contribution in [0.4, 0.5) is 0 Å². The van der Waals surface area contributed by atoms with Crippen molar-refractivity contribution in [2.24, 2.45) is 0 Å². The molecule has 0 radical (unpaired) electrons. The molecule has 4 aromatic rings. The third-order valence-corrected chi connectivity index (χ3v) is 6.24. The summed E-state index contributed by atoms with van der Waals surface area (Å²) < 4.78 is 7.62. The Balaban J connectivity index is 1.51. The number of para-hydroxylation sites is 2. The number of benzene rings is 2. The van der Waals surface area contributed by atoms with Gasteiger partial charge in [0.05, 0.1) is 46.2 Å². The minimum Gasteiger partial charge on any atom is -0.376 e. The van der Waals surface area contributed by atoms with Crippen molar-refractivity contribution < 1.29 is 9.53 Å². The smallest absolute Gasteiger partial charge is 0.258 e. The number of rotatable bonds is 6. The number of nitrogens with zero attached hydrogens (tertiary/aromatic N) is 4. The van der Waals surface area contributed by atoms with Gasteiger partial charge in [0.25, 0.3) is 11.5 Å². The number of carbonyl (C=O) groups is 1. The molecule has 3 heterocycles. The molecule has 1 aliphatic heterocycles. The second kappa shape index (κ2) is 9.23. The number of hydrogen-bond acceptors (Lipinski definition) is 5. The number of fused-ring (bicyclic) bond motifs is 1. The molecule has 0 unspecified atom stereocenters. The predicted octanol–water partition coefficient (Wildman–Crippen LogP) is 3.55. The second-order valence-corrected chi connectivity index (χ2v) is 8.64. The second-order valence-electron chi connectivity index (χ2n) is 8.64. The van der Waals surface area contributed by atoms with Crippen LogP contribution in [-0.2, 0) is 11.3 Å². The number of nitrogens with one attached hydrogen (secondary N) is 1. The molecule has 1 aliphatic rings. The lowest BCUT2D eigenvalue weighted by atomic mass is 10.1. The van der Waals surface area contributed by atoms with Crippen molar-refractivity contribution in [3.63, 3.8) is 0 Å². The standard InChI is InChI=1S/C26H27N5O3/c1-17-24(18(2)31(29-17)19-9-4-3-5-10-19)26(33)30(15-20-11-8-14-34-20)16-23-27-22-13-7-6-12-21(22)25(32)28-23/h3-7,9-10,12-13,20H,8,11,14-16H2,1-2H3,(H,27,28,32)/t20-/m0/s1. The molecule has 0 bridgehead atoms. The summed E-state index contributed by atoms with van der Waals surface area (Å²) in [5, 5.41) is 5.17. The van der Waals surface area contributed by atoms with E-state index in [4.69, 9.17) is 4.74 Å². The molecule has 1 atom stereocenters. The zero-order valence-corrected chi connectivity index (χ0v) is 19.3. The lowest BCUT2D eigenvalue weighted by Gasteiger charge is -2.25. The van der Waals surface area contributed by atoms with Crippen LogP contribution in [0.2, 0.25) is 0 Å². The van der Waals surface area contributed by atoms with Crippen LogP contribution in [0.5, 0.6) is 0 Å². The van der Waals surface area contributed by atoms with E-state index in [-0.39, 0.29) is 24.1 Å². The van der Waals surface area contributed by atoms with Crippen LogP contribution in [-0.4, -0.2) is 49.8 Å². The summed E-state index contributed by atoms with van der Waals surface area (Å²) in [5.74, 6) is 0.296. The van der Waals surface area contributed by atoms with E-state index in [1.807, 2.05) is 56.3 Å². The zero-order chi connectivity index (χ0) is 23.7. The highest BCUT2D eigenvalue weighted by Crippen LogP contribution is 2.22. The molecular formula is C26H27N5O3. The van der Waals surface area contributed by atoms with Crippen LogP contribution in [0.25, 0.3) is 16.6 Å². The van der Waals surface area contributed by atoms with E-state index in [1.165, 1.54) is 0 Å². The van der Waals surface area contributed by atoms with Gasteiger partial charge >= 0.3 is 0 Å². The molecule has 34 heavy (non-hydrogen) atoms. The van der Waals surface area contributed by atoms with Gasteiger partial charge in [0, 0.05) is 13.2 Å². The number of aromatic nitrogens is 4. The molecule has 1 saturated heterocycles. The van der Waals surface area contributed by atoms with Gasteiger partial charge in [0.2, 0.25) is 0 Å². The zero-order valence-electron chi connectivity index (χ0n) is 19.3. The van der Waals surface area contributed by atoms with Crippen LogP contribution < -0.4 is 5.56 Å². The van der Waals surface area contributed by atoms with Crippen LogP contribution >= 0.6 is 0 Å². The number of aryl methyl sites for hydroxylation is 1. The molecule has 174 valence electrons. The summed E-state index contributed by atoms with van der Waals surface area (Å²) in [6.07, 6.45) is 1.83. The Morgan fingerprint density at radius 2 is 1.91 bits per heavy atom. The van der Waals surface area contributed by atoms with Crippen molar-refractivity contribution in [1.29, 1.82) is 0 Å². The van der Waals surface area contributed by atoms with E-state index in [0.717, 1.165) is 24.2 Å². The van der Waals surface area contributed by atoms with E-state index < -0.39 is 0 Å². The van der Waals surface area contributed by atoms with Gasteiger partial charge < -0.3 is 14.6 Å². The first-order valence-electron chi connectivity index (χ1n) is 11.5. The van der Waals surface area contributed by atoms with E-state index >= 15 is 0 Å². The number of ether oxygens (including phenoxy) is 1. The first kappa shape index (κ1) is 22.0. The van der Waals surface area contributed by atoms with Crippen LogP contribution in [0, 0.1) is 13.8 Å². The Morgan fingerprint density at radius 1 is 1.15 bits per heavy atom. The van der Waals surface area contributed by atoms with Gasteiger partial charge in [-0.1, -0.05) is 30.3 Å². The molecule has 1 N–H and O–H groups in total. The Kier molecular flexibility index (Phi) is 5.98. The highest BCUT2D eigenvalue weighted by Gasteiger charge is 2.28. The minimum atomic E-state index is -0.214. The quantitative estimate of drug-likeness (QED) is 0.478. The fourth-order valence-corrected chi connectivity index (χ4v) is 4.57. The summed E-state index contributed by atoms with van der Waals surface area (Å²) >= 11 is 0. The molecule has 1 amide bonds. The van der Waals surface area contributed by atoms with Crippen molar-refractivity contribution in [3.8, 4) is 5.69 Å². The average molecular weight is 458 g/mol. The van der Waals surface area contributed by atoms with Crippen LogP contribution in [0.3, 0.4) is 0 Å². The van der Waals surface area contributed by atoms with Gasteiger partial charge in [-0.05, 0) is 51.0 Å². The Hall–Kier alpha value is -3.78. The molecule has 8 nitrogen and oxygen atoms in total. The first-order valence-corrected chi connectivity index (χ1v) is 11.5. The summed E-state index contributed by atoms with van der Waals surface area (Å²) in [4.78, 5) is 35.6. The third-order valence-electron chi connectivity index (χ3n) is 6.24. The molecular weight excluding hydrogens is 430 g/mol. The van der Waals surface area contributed by atoms with Crippen molar-refractivity contribution in [1.82, 2.24) is 24.6 Å². The van der Waals surface area contributed by atoms with Gasteiger partial charge in [-0.3, -0.25) is 9.59 Å². The molecule has 0 spiro atoms. The maximum absolute atomic E-state index is 13.9. The Labute approximate surface area is 197 Å². The summed E-state index contributed by atoms with van der Waals surface area (Å²) in [5.41, 5.74) is 3.28. The molecule has 0 saturated carbocycles. The van der Waals surface area contributed by atoms with Gasteiger partial charge in [-0.2, -0.15) is 5.10 Å². The molecule has 2 aromatic carbocycles. The van der Waals surface area contributed by atoms with Crippen molar-refractivity contribution in [3.05, 3.63) is 87.7 Å². The van der Waals surface area contributed by atoms with E-state index in [0.29, 0.717) is 41.1 Å². The normalized spacial score (nSPS) is 15.6. The van der Waals surface area contributed by atoms with Gasteiger partial charge in [-0.15, -0.1) is 0 Å². The van der Waals surface area contributed by atoms with E-state index in [9.17, 15) is 9.59 Å². The number of amides is 1. The van der Waals surface area contributed by atoms with E-state index in [2.05, 4.69) is 15.1 Å². The largest absolute Gasteiger partial charge is 0.376 e. The average Bonchev–Trinajstić information content (AvgIpc) is 3.46. The molecule has 8 heteroatoms. The SMILES string of the molecule is Cc1nn(-c2ccccc2)c(C)c1C(=O)N(Cc1nc2ccccc2c(=O)[nH]1)C[C@@H]1CCCO1. The number of carbonyl (C=O) groups excluding carboxylic acids is 1. The minimum absolute atomic E-state index is 0.0408.